The van der Waals surface area contributed by atoms with Gasteiger partial charge in [0, 0.05) is 16.5 Å². The number of rotatable bonds is 7. The molecule has 1 aromatic heterocycles. The van der Waals surface area contributed by atoms with Crippen molar-refractivity contribution in [3.8, 4) is 5.75 Å². The van der Waals surface area contributed by atoms with E-state index < -0.39 is 17.5 Å². The lowest BCUT2D eigenvalue weighted by Gasteiger charge is -2.08. The Morgan fingerprint density at radius 3 is 2.44 bits per heavy atom. The molecule has 0 bridgehead atoms. The second-order valence-corrected chi connectivity index (χ2v) is 7.42. The first kappa shape index (κ1) is 21.3. The van der Waals surface area contributed by atoms with E-state index in [4.69, 9.17) is 9.15 Å². The first-order chi connectivity index (χ1) is 15.5. The third-order valence-electron chi connectivity index (χ3n) is 5.06. The summed E-state index contributed by atoms with van der Waals surface area (Å²) in [5.74, 6) is -0.774. The molecule has 0 unspecified atom stereocenters. The van der Waals surface area contributed by atoms with E-state index >= 15 is 0 Å². The Labute approximate surface area is 184 Å². The number of ketones is 1. The Balaban J connectivity index is 1.68. The van der Waals surface area contributed by atoms with Crippen LogP contribution in [0.2, 0.25) is 0 Å². The molecule has 0 atom stereocenters. The minimum Gasteiger partial charge on any atom is -0.494 e. The van der Waals surface area contributed by atoms with E-state index in [2.05, 4.69) is 5.32 Å². The molecule has 3 aromatic carbocycles. The molecule has 6 heteroatoms. The Morgan fingerprint density at radius 1 is 1.00 bits per heavy atom. The van der Waals surface area contributed by atoms with Crippen molar-refractivity contribution in [2.24, 2.45) is 0 Å². The van der Waals surface area contributed by atoms with Crippen LogP contribution >= 0.6 is 0 Å². The van der Waals surface area contributed by atoms with Gasteiger partial charge in [0.25, 0.3) is 5.91 Å². The van der Waals surface area contributed by atoms with Crippen molar-refractivity contribution in [1.29, 1.82) is 0 Å². The molecule has 32 heavy (non-hydrogen) atoms. The molecule has 0 fully saturated rings. The molecule has 0 spiro atoms. The molecule has 0 aliphatic carbocycles. The summed E-state index contributed by atoms with van der Waals surface area (Å²) >= 11 is 0. The molecule has 1 heterocycles. The molecule has 4 aromatic rings. The number of para-hydroxylation sites is 1. The molecular weight excluding hydrogens is 409 g/mol. The maximum Gasteiger partial charge on any atom is 0.255 e. The third kappa shape index (κ3) is 4.25. The number of nitrogens with one attached hydrogen (secondary N) is 1. The van der Waals surface area contributed by atoms with E-state index in [0.717, 1.165) is 6.42 Å². The Bertz CT molecular complexity index is 1290. The van der Waals surface area contributed by atoms with E-state index in [1.165, 1.54) is 18.2 Å². The van der Waals surface area contributed by atoms with Gasteiger partial charge >= 0.3 is 0 Å². The van der Waals surface area contributed by atoms with Gasteiger partial charge in [0.1, 0.15) is 17.1 Å². The fourth-order valence-electron chi connectivity index (χ4n) is 3.30. The van der Waals surface area contributed by atoms with Crippen molar-refractivity contribution < 1.29 is 23.1 Å². The highest BCUT2D eigenvalue weighted by Gasteiger charge is 2.24. The van der Waals surface area contributed by atoms with Gasteiger partial charge in [0.05, 0.1) is 12.3 Å². The van der Waals surface area contributed by atoms with E-state index in [1.54, 1.807) is 55.5 Å². The van der Waals surface area contributed by atoms with Crippen molar-refractivity contribution in [3.63, 3.8) is 0 Å². The van der Waals surface area contributed by atoms with Gasteiger partial charge in [-0.2, -0.15) is 0 Å². The van der Waals surface area contributed by atoms with Crippen LogP contribution < -0.4 is 10.1 Å². The molecule has 0 saturated heterocycles. The van der Waals surface area contributed by atoms with Gasteiger partial charge in [0.15, 0.2) is 5.76 Å². The van der Waals surface area contributed by atoms with Gasteiger partial charge in [0.2, 0.25) is 5.78 Å². The van der Waals surface area contributed by atoms with Gasteiger partial charge in [-0.05, 0) is 61.4 Å². The zero-order valence-electron chi connectivity index (χ0n) is 17.8. The molecule has 0 aliphatic rings. The van der Waals surface area contributed by atoms with E-state index in [0.29, 0.717) is 34.5 Å². The van der Waals surface area contributed by atoms with Crippen LogP contribution in [-0.4, -0.2) is 18.3 Å². The van der Waals surface area contributed by atoms with Crippen LogP contribution in [0.15, 0.2) is 71.1 Å². The van der Waals surface area contributed by atoms with E-state index in [1.807, 2.05) is 6.92 Å². The first-order valence-corrected chi connectivity index (χ1v) is 10.3. The molecule has 0 saturated carbocycles. The van der Waals surface area contributed by atoms with Gasteiger partial charge in [-0.1, -0.05) is 31.2 Å². The lowest BCUT2D eigenvalue weighted by atomic mass is 10.0. The van der Waals surface area contributed by atoms with Crippen LogP contribution in [0.5, 0.6) is 5.75 Å². The van der Waals surface area contributed by atoms with E-state index in [9.17, 15) is 14.0 Å². The second kappa shape index (κ2) is 9.06. The summed E-state index contributed by atoms with van der Waals surface area (Å²) in [5.41, 5.74) is 1.68. The first-order valence-electron chi connectivity index (χ1n) is 10.3. The van der Waals surface area contributed by atoms with Crippen molar-refractivity contribution in [3.05, 3.63) is 95.0 Å². The van der Waals surface area contributed by atoms with Crippen molar-refractivity contribution >= 4 is 28.3 Å². The highest BCUT2D eigenvalue weighted by molar-refractivity contribution is 6.18. The molecule has 1 N–H and O–H groups in total. The number of benzene rings is 3. The fraction of sp³-hybridized carbons (Fsp3) is 0.154. The smallest absolute Gasteiger partial charge is 0.255 e. The van der Waals surface area contributed by atoms with Crippen LogP contribution in [0, 0.1) is 12.7 Å². The summed E-state index contributed by atoms with van der Waals surface area (Å²) in [5, 5.41) is 3.38. The molecular formula is C26H22FNO4. The van der Waals surface area contributed by atoms with Gasteiger partial charge in [-0.15, -0.1) is 0 Å². The van der Waals surface area contributed by atoms with Gasteiger partial charge in [-0.3, -0.25) is 9.59 Å². The third-order valence-corrected chi connectivity index (χ3v) is 5.06. The number of ether oxygens (including phenoxy) is 1. The van der Waals surface area contributed by atoms with Gasteiger partial charge < -0.3 is 14.5 Å². The Morgan fingerprint density at radius 2 is 1.72 bits per heavy atom. The number of fused-ring (bicyclic) bond motifs is 1. The molecule has 0 aliphatic heterocycles. The zero-order chi connectivity index (χ0) is 22.7. The standard InChI is InChI=1S/C26H22FNO4/c1-3-14-31-19-12-10-17(11-13-19)26(30)28-23-20-6-4-5-7-22(20)32-25(23)24(29)18-9-8-16(2)21(27)15-18/h4-13,15H,3,14H2,1-2H3,(H,28,30). The largest absolute Gasteiger partial charge is 0.494 e. The van der Waals surface area contributed by atoms with Crippen LogP contribution in [0.3, 0.4) is 0 Å². The van der Waals surface area contributed by atoms with Gasteiger partial charge in [-0.25, -0.2) is 4.39 Å². The maximum absolute atomic E-state index is 14.0. The van der Waals surface area contributed by atoms with Crippen LogP contribution in [0.1, 0.15) is 45.4 Å². The number of amides is 1. The van der Waals surface area contributed by atoms with Crippen molar-refractivity contribution in [1.82, 2.24) is 0 Å². The Kier molecular flexibility index (Phi) is 6.03. The number of halogens is 1. The van der Waals surface area contributed by atoms with E-state index in [-0.39, 0.29) is 17.0 Å². The molecule has 162 valence electrons. The highest BCUT2D eigenvalue weighted by Crippen LogP contribution is 2.33. The lowest BCUT2D eigenvalue weighted by Crippen LogP contribution is -2.14. The number of carbonyl (C=O) groups excluding carboxylic acids is 2. The summed E-state index contributed by atoms with van der Waals surface area (Å²) in [6, 6.07) is 18.0. The number of hydrogen-bond acceptors (Lipinski definition) is 4. The molecule has 4 rings (SSSR count). The monoisotopic (exact) mass is 431 g/mol. The average molecular weight is 431 g/mol. The number of aryl methyl sites for hydroxylation is 1. The normalized spacial score (nSPS) is 10.8. The van der Waals surface area contributed by atoms with Crippen LogP contribution in [0.25, 0.3) is 11.0 Å². The summed E-state index contributed by atoms with van der Waals surface area (Å²) in [6.07, 6.45) is 0.886. The topological polar surface area (TPSA) is 68.5 Å². The lowest BCUT2D eigenvalue weighted by molar-refractivity contribution is 0.101. The average Bonchev–Trinajstić information content (AvgIpc) is 3.17. The minimum absolute atomic E-state index is 0.0503. The number of furan rings is 1. The van der Waals surface area contributed by atoms with Crippen molar-refractivity contribution in [2.75, 3.05) is 11.9 Å². The number of hydrogen-bond donors (Lipinski definition) is 1. The number of anilines is 1. The SMILES string of the molecule is CCCOc1ccc(C(=O)Nc2c(C(=O)c3ccc(C)c(F)c3)oc3ccccc23)cc1. The Hall–Kier alpha value is -3.93. The summed E-state index contributed by atoms with van der Waals surface area (Å²) in [7, 11) is 0. The van der Waals surface area contributed by atoms with Crippen LogP contribution in [0.4, 0.5) is 10.1 Å². The summed E-state index contributed by atoms with van der Waals surface area (Å²) in [6.45, 7) is 4.23. The molecule has 5 nitrogen and oxygen atoms in total. The molecule has 1 amide bonds. The van der Waals surface area contributed by atoms with Crippen LogP contribution in [-0.2, 0) is 0 Å². The minimum atomic E-state index is -0.515. The number of carbonyl (C=O) groups is 2. The summed E-state index contributed by atoms with van der Waals surface area (Å²) in [4.78, 5) is 26.1. The predicted octanol–water partition coefficient (Wildman–Crippen LogP) is 6.15. The fourth-order valence-corrected chi connectivity index (χ4v) is 3.30. The quantitative estimate of drug-likeness (QED) is 0.356. The van der Waals surface area contributed by atoms with Crippen molar-refractivity contribution in [2.45, 2.75) is 20.3 Å². The zero-order valence-corrected chi connectivity index (χ0v) is 17.8. The summed E-state index contributed by atoms with van der Waals surface area (Å²) < 4.78 is 25.4. The molecule has 0 radical (unpaired) electrons. The maximum atomic E-state index is 14.0. The second-order valence-electron chi connectivity index (χ2n) is 7.42. The predicted molar refractivity (Wildman–Crippen MR) is 121 cm³/mol. The highest BCUT2D eigenvalue weighted by atomic mass is 19.1.